The van der Waals surface area contributed by atoms with E-state index in [9.17, 15) is 13.2 Å². The molecule has 2 aromatic carbocycles. The summed E-state index contributed by atoms with van der Waals surface area (Å²) in [6, 6.07) is 9.69. The molecule has 0 aliphatic carbocycles. The molecular weight excluding hydrogens is 417 g/mol. The first-order valence-electron chi connectivity index (χ1n) is 10.8. The molecule has 4 rings (SSSR count). The molecule has 0 amide bonds. The first-order valence-corrected chi connectivity index (χ1v) is 10.8. The summed E-state index contributed by atoms with van der Waals surface area (Å²) in [4.78, 5) is 0. The predicted molar refractivity (Wildman–Crippen MR) is 119 cm³/mol. The Balaban J connectivity index is 1.65. The van der Waals surface area contributed by atoms with Crippen LogP contribution in [0.25, 0.3) is 10.8 Å². The Labute approximate surface area is 185 Å². The van der Waals surface area contributed by atoms with E-state index in [0.717, 1.165) is 54.2 Å². The van der Waals surface area contributed by atoms with E-state index in [1.807, 2.05) is 32.0 Å². The number of benzene rings is 2. The lowest BCUT2D eigenvalue weighted by Gasteiger charge is -2.24. The van der Waals surface area contributed by atoms with Gasteiger partial charge in [0.05, 0.1) is 17.3 Å². The standard InChI is InChI=1S/C24H27F3N4O/c1-14-19(5-4-6-22(14)24(25,26)27)15(2)29-23-21-13-18(32-17-9-11-28-12-10-17)7-8-20(21)16(3)30-31-23/h4-8,13,15,17,28H,9-12H2,1-3H3,(H,29,31)/t15-/m1/s1. The number of nitrogens with one attached hydrogen (secondary N) is 2. The Bertz CT molecular complexity index is 1110. The van der Waals surface area contributed by atoms with Crippen molar-refractivity contribution in [1.29, 1.82) is 0 Å². The van der Waals surface area contributed by atoms with Gasteiger partial charge in [0, 0.05) is 10.8 Å². The van der Waals surface area contributed by atoms with Gasteiger partial charge >= 0.3 is 6.18 Å². The molecule has 0 saturated carbocycles. The Kier molecular flexibility index (Phi) is 6.24. The Morgan fingerprint density at radius 3 is 2.53 bits per heavy atom. The SMILES string of the molecule is Cc1c([C@@H](C)Nc2nnc(C)c3ccc(OC4CCNCC4)cc23)cccc1C(F)(F)F. The molecule has 32 heavy (non-hydrogen) atoms. The molecule has 0 bridgehead atoms. The topological polar surface area (TPSA) is 59.1 Å². The average molecular weight is 445 g/mol. The zero-order valence-corrected chi connectivity index (χ0v) is 18.4. The molecule has 0 radical (unpaired) electrons. The zero-order chi connectivity index (χ0) is 22.9. The lowest BCUT2D eigenvalue weighted by atomic mass is 9.97. The van der Waals surface area contributed by atoms with Crippen LogP contribution in [-0.4, -0.2) is 29.4 Å². The van der Waals surface area contributed by atoms with Crippen LogP contribution in [0, 0.1) is 13.8 Å². The predicted octanol–water partition coefficient (Wildman–Crippen LogP) is 5.57. The lowest BCUT2D eigenvalue weighted by Crippen LogP contribution is -2.34. The fraction of sp³-hybridized carbons (Fsp3) is 0.417. The lowest BCUT2D eigenvalue weighted by molar-refractivity contribution is -0.138. The molecule has 170 valence electrons. The van der Waals surface area contributed by atoms with Crippen molar-refractivity contribution in [2.45, 2.75) is 51.9 Å². The van der Waals surface area contributed by atoms with Crippen LogP contribution in [0.1, 0.15) is 48.2 Å². The average Bonchev–Trinajstić information content (AvgIpc) is 2.76. The molecule has 0 spiro atoms. The van der Waals surface area contributed by atoms with Gasteiger partial charge in [0.2, 0.25) is 0 Å². The molecule has 1 aliphatic rings. The molecule has 5 nitrogen and oxygen atoms in total. The van der Waals surface area contributed by atoms with Crippen LogP contribution in [0.15, 0.2) is 36.4 Å². The number of anilines is 1. The largest absolute Gasteiger partial charge is 0.490 e. The summed E-state index contributed by atoms with van der Waals surface area (Å²) in [7, 11) is 0. The van der Waals surface area contributed by atoms with Crippen molar-refractivity contribution in [2.24, 2.45) is 0 Å². The van der Waals surface area contributed by atoms with E-state index >= 15 is 0 Å². The third kappa shape index (κ3) is 4.65. The van der Waals surface area contributed by atoms with Crippen LogP contribution in [-0.2, 0) is 6.18 Å². The second-order valence-electron chi connectivity index (χ2n) is 8.29. The van der Waals surface area contributed by atoms with Crippen molar-refractivity contribution in [3.8, 4) is 5.75 Å². The number of rotatable bonds is 5. The molecule has 1 saturated heterocycles. The van der Waals surface area contributed by atoms with E-state index in [1.165, 1.54) is 13.0 Å². The minimum atomic E-state index is -4.39. The molecule has 2 N–H and O–H groups in total. The van der Waals surface area contributed by atoms with Gasteiger partial charge in [0.1, 0.15) is 11.9 Å². The highest BCUT2D eigenvalue weighted by molar-refractivity contribution is 5.94. The van der Waals surface area contributed by atoms with Gasteiger partial charge in [-0.1, -0.05) is 12.1 Å². The number of hydrogen-bond donors (Lipinski definition) is 2. The quantitative estimate of drug-likeness (QED) is 0.539. The second kappa shape index (κ2) is 8.94. The fourth-order valence-electron chi connectivity index (χ4n) is 4.27. The maximum Gasteiger partial charge on any atom is 0.416 e. The number of fused-ring (bicyclic) bond motifs is 1. The van der Waals surface area contributed by atoms with Gasteiger partial charge in [-0.05, 0) is 82.1 Å². The van der Waals surface area contributed by atoms with Crippen LogP contribution in [0.4, 0.5) is 19.0 Å². The fourth-order valence-corrected chi connectivity index (χ4v) is 4.27. The molecule has 1 fully saturated rings. The highest BCUT2D eigenvalue weighted by Crippen LogP contribution is 2.36. The van der Waals surface area contributed by atoms with Gasteiger partial charge in [-0.25, -0.2) is 0 Å². The van der Waals surface area contributed by atoms with Gasteiger partial charge in [0.15, 0.2) is 5.82 Å². The van der Waals surface area contributed by atoms with E-state index < -0.39 is 17.8 Å². The van der Waals surface area contributed by atoms with Gasteiger partial charge in [0.25, 0.3) is 0 Å². The number of piperidine rings is 1. The third-order valence-electron chi connectivity index (χ3n) is 6.03. The van der Waals surface area contributed by atoms with E-state index in [4.69, 9.17) is 4.74 Å². The maximum atomic E-state index is 13.3. The van der Waals surface area contributed by atoms with Crippen molar-refractivity contribution in [3.63, 3.8) is 0 Å². The minimum absolute atomic E-state index is 0.160. The van der Waals surface area contributed by atoms with Gasteiger partial charge in [-0.3, -0.25) is 0 Å². The van der Waals surface area contributed by atoms with Crippen LogP contribution >= 0.6 is 0 Å². The van der Waals surface area contributed by atoms with Crippen LogP contribution in [0.3, 0.4) is 0 Å². The maximum absolute atomic E-state index is 13.3. The number of aromatic nitrogens is 2. The molecule has 8 heteroatoms. The smallest absolute Gasteiger partial charge is 0.416 e. The summed E-state index contributed by atoms with van der Waals surface area (Å²) >= 11 is 0. The van der Waals surface area contributed by atoms with Crippen LogP contribution in [0.5, 0.6) is 5.75 Å². The number of ether oxygens (including phenoxy) is 1. The molecule has 1 aromatic heterocycles. The Morgan fingerprint density at radius 2 is 1.81 bits per heavy atom. The monoisotopic (exact) mass is 444 g/mol. The van der Waals surface area contributed by atoms with Crippen molar-refractivity contribution < 1.29 is 17.9 Å². The minimum Gasteiger partial charge on any atom is -0.490 e. The van der Waals surface area contributed by atoms with E-state index in [-0.39, 0.29) is 11.7 Å². The van der Waals surface area contributed by atoms with E-state index in [1.54, 1.807) is 6.07 Å². The molecule has 0 unspecified atom stereocenters. The van der Waals surface area contributed by atoms with E-state index in [2.05, 4.69) is 20.8 Å². The number of alkyl halides is 3. The number of hydrogen-bond acceptors (Lipinski definition) is 5. The summed E-state index contributed by atoms with van der Waals surface area (Å²) in [5.74, 6) is 1.27. The van der Waals surface area contributed by atoms with Crippen LogP contribution in [0.2, 0.25) is 0 Å². The normalized spacial score (nSPS) is 16.2. The first kappa shape index (κ1) is 22.3. The van der Waals surface area contributed by atoms with Crippen molar-refractivity contribution in [3.05, 3.63) is 58.8 Å². The summed E-state index contributed by atoms with van der Waals surface area (Å²) in [6.07, 6.45) is -2.34. The summed E-state index contributed by atoms with van der Waals surface area (Å²) in [5, 5.41) is 16.9. The zero-order valence-electron chi connectivity index (χ0n) is 18.4. The molecule has 2 heterocycles. The highest BCUT2D eigenvalue weighted by atomic mass is 19.4. The highest BCUT2D eigenvalue weighted by Gasteiger charge is 2.33. The Hall–Kier alpha value is -2.87. The molecule has 3 aromatic rings. The van der Waals surface area contributed by atoms with Gasteiger partial charge in [-0.15, -0.1) is 5.10 Å². The first-order chi connectivity index (χ1) is 15.2. The van der Waals surface area contributed by atoms with Gasteiger partial charge in [-0.2, -0.15) is 18.3 Å². The number of nitrogens with zero attached hydrogens (tertiary/aromatic N) is 2. The molecule has 1 atom stereocenters. The number of aryl methyl sites for hydroxylation is 1. The summed E-state index contributed by atoms with van der Waals surface area (Å²) < 4.78 is 46.2. The van der Waals surface area contributed by atoms with Crippen molar-refractivity contribution in [2.75, 3.05) is 18.4 Å². The molecule has 1 aliphatic heterocycles. The third-order valence-corrected chi connectivity index (χ3v) is 6.03. The van der Waals surface area contributed by atoms with Crippen molar-refractivity contribution >= 4 is 16.6 Å². The Morgan fingerprint density at radius 1 is 1.06 bits per heavy atom. The second-order valence-corrected chi connectivity index (χ2v) is 8.29. The molecular formula is C24H27F3N4O. The van der Waals surface area contributed by atoms with E-state index in [0.29, 0.717) is 11.4 Å². The summed E-state index contributed by atoms with van der Waals surface area (Å²) in [6.45, 7) is 7.07. The summed E-state index contributed by atoms with van der Waals surface area (Å²) in [5.41, 5.74) is 0.930. The number of halogens is 3. The van der Waals surface area contributed by atoms with Gasteiger partial charge < -0.3 is 15.4 Å². The van der Waals surface area contributed by atoms with Crippen molar-refractivity contribution in [1.82, 2.24) is 15.5 Å². The van der Waals surface area contributed by atoms with Crippen LogP contribution < -0.4 is 15.4 Å².